The molecule has 1 N–H and O–H groups in total. The molecular weight excluding hydrogens is 460 g/mol. The minimum Gasteiger partial charge on any atom is -0.273 e. The third-order valence-corrected chi connectivity index (χ3v) is 6.83. The fourth-order valence-corrected chi connectivity index (χ4v) is 4.92. The first kappa shape index (κ1) is 22.6. The average Bonchev–Trinajstić information content (AvgIpc) is 3.31. The van der Waals surface area contributed by atoms with Gasteiger partial charge < -0.3 is 0 Å². The van der Waals surface area contributed by atoms with Crippen LogP contribution in [0, 0.1) is 11.8 Å². The molecule has 0 aliphatic carbocycles. The van der Waals surface area contributed by atoms with E-state index in [2.05, 4.69) is 22.7 Å². The highest BCUT2D eigenvalue weighted by Crippen LogP contribution is 2.34. The third kappa shape index (κ3) is 4.34. The summed E-state index contributed by atoms with van der Waals surface area (Å²) in [6.45, 7) is 0. The lowest BCUT2D eigenvalue weighted by Crippen LogP contribution is -2.44. The van der Waals surface area contributed by atoms with Gasteiger partial charge in [0.25, 0.3) is 5.91 Å². The molecule has 6 nitrogen and oxygen atoms in total. The largest absolute Gasteiger partial charge is 0.273 e. The first-order chi connectivity index (χ1) is 18.2. The van der Waals surface area contributed by atoms with Crippen LogP contribution in [0.5, 0.6) is 0 Å². The van der Waals surface area contributed by atoms with Crippen molar-refractivity contribution in [2.75, 3.05) is 5.01 Å². The van der Waals surface area contributed by atoms with Gasteiger partial charge in [-0.3, -0.25) is 9.59 Å². The number of nitrogens with zero attached hydrogens (tertiary/aromatic N) is 3. The van der Waals surface area contributed by atoms with Crippen molar-refractivity contribution < 1.29 is 9.59 Å². The highest BCUT2D eigenvalue weighted by molar-refractivity contribution is 6.24. The van der Waals surface area contributed by atoms with Gasteiger partial charge in [-0.2, -0.15) is 15.2 Å². The van der Waals surface area contributed by atoms with Crippen molar-refractivity contribution in [3.05, 3.63) is 126 Å². The number of carbonyl (C=O) groups excluding carboxylic acids is 2. The number of nitrogens with one attached hydrogen (secondary N) is 1. The van der Waals surface area contributed by atoms with Crippen molar-refractivity contribution >= 4 is 28.9 Å². The summed E-state index contributed by atoms with van der Waals surface area (Å²) >= 11 is 0. The van der Waals surface area contributed by atoms with Crippen LogP contribution in [0.4, 0.5) is 5.69 Å². The molecule has 4 aromatic rings. The Labute approximate surface area is 215 Å². The third-order valence-electron chi connectivity index (χ3n) is 6.83. The van der Waals surface area contributed by atoms with Gasteiger partial charge in [-0.1, -0.05) is 103 Å². The van der Waals surface area contributed by atoms with Gasteiger partial charge in [-0.05, 0) is 34.4 Å². The topological polar surface area (TPSA) is 74.1 Å². The van der Waals surface area contributed by atoms with E-state index >= 15 is 0 Å². The number of para-hydroxylation sites is 1. The van der Waals surface area contributed by atoms with Crippen LogP contribution in [-0.4, -0.2) is 23.2 Å². The summed E-state index contributed by atoms with van der Waals surface area (Å²) in [7, 11) is 0. The minimum atomic E-state index is -0.725. The molecular formula is C31H24N4O2. The molecule has 0 fully saturated rings. The zero-order valence-corrected chi connectivity index (χ0v) is 20.0. The normalized spacial score (nSPS) is 19.3. The maximum atomic E-state index is 13.8. The second kappa shape index (κ2) is 9.66. The van der Waals surface area contributed by atoms with E-state index in [1.165, 1.54) is 5.01 Å². The zero-order chi connectivity index (χ0) is 25.2. The van der Waals surface area contributed by atoms with Gasteiger partial charge >= 0.3 is 0 Å². The second-order valence-corrected chi connectivity index (χ2v) is 9.10. The maximum Gasteiger partial charge on any atom is 0.257 e. The first-order valence-corrected chi connectivity index (χ1v) is 12.2. The molecule has 2 aliphatic rings. The van der Waals surface area contributed by atoms with E-state index in [1.54, 1.807) is 0 Å². The Bertz CT molecular complexity index is 1500. The van der Waals surface area contributed by atoms with Gasteiger partial charge in [0.05, 0.1) is 28.9 Å². The SMILES string of the molecule is O=C1NN=C(c2ccc(-c3ccccc3)cc2)CC1C1C(=O)N(c2ccccc2)N=C1c1ccccc1. The van der Waals surface area contributed by atoms with Crippen LogP contribution >= 0.6 is 0 Å². The lowest BCUT2D eigenvalue weighted by molar-refractivity contribution is -0.131. The second-order valence-electron chi connectivity index (χ2n) is 9.10. The van der Waals surface area contributed by atoms with Crippen LogP contribution in [-0.2, 0) is 9.59 Å². The molecule has 6 rings (SSSR count). The number of rotatable bonds is 5. The molecule has 2 amide bonds. The molecule has 4 aromatic carbocycles. The predicted molar refractivity (Wildman–Crippen MR) is 145 cm³/mol. The molecule has 2 atom stereocenters. The highest BCUT2D eigenvalue weighted by Gasteiger charge is 2.46. The maximum absolute atomic E-state index is 13.8. The van der Waals surface area contributed by atoms with E-state index in [1.807, 2.05) is 103 Å². The monoisotopic (exact) mass is 484 g/mol. The number of benzene rings is 4. The van der Waals surface area contributed by atoms with Gasteiger partial charge in [0.15, 0.2) is 0 Å². The molecule has 6 heteroatoms. The summed E-state index contributed by atoms with van der Waals surface area (Å²) < 4.78 is 0. The van der Waals surface area contributed by atoms with E-state index in [0.717, 1.165) is 28.0 Å². The van der Waals surface area contributed by atoms with Crippen LogP contribution < -0.4 is 10.4 Å². The van der Waals surface area contributed by atoms with Crippen molar-refractivity contribution in [1.82, 2.24) is 5.43 Å². The molecule has 0 radical (unpaired) electrons. The fraction of sp³-hybridized carbons (Fsp3) is 0.0968. The number of hydrazone groups is 2. The zero-order valence-electron chi connectivity index (χ0n) is 20.0. The van der Waals surface area contributed by atoms with Gasteiger partial charge in [0, 0.05) is 6.42 Å². The van der Waals surface area contributed by atoms with Gasteiger partial charge in [-0.15, -0.1) is 0 Å². The molecule has 2 aliphatic heterocycles. The van der Waals surface area contributed by atoms with Crippen LogP contribution in [0.15, 0.2) is 125 Å². The summed E-state index contributed by atoms with van der Waals surface area (Å²) in [5, 5.41) is 10.5. The molecule has 2 unspecified atom stereocenters. The Morgan fingerprint density at radius 3 is 1.84 bits per heavy atom. The summed E-state index contributed by atoms with van der Waals surface area (Å²) in [5.41, 5.74) is 8.64. The fourth-order valence-electron chi connectivity index (χ4n) is 4.92. The number of anilines is 1. The van der Waals surface area contributed by atoms with Crippen LogP contribution in [0.1, 0.15) is 17.5 Å². The number of carbonyl (C=O) groups is 2. The number of amides is 2. The van der Waals surface area contributed by atoms with Crippen molar-refractivity contribution in [2.45, 2.75) is 6.42 Å². The Morgan fingerprint density at radius 2 is 1.19 bits per heavy atom. The average molecular weight is 485 g/mol. The Hall–Kier alpha value is -4.84. The van der Waals surface area contributed by atoms with E-state index in [9.17, 15) is 9.59 Å². The van der Waals surface area contributed by atoms with Crippen LogP contribution in [0.3, 0.4) is 0 Å². The molecule has 0 spiro atoms. The van der Waals surface area contributed by atoms with E-state index in [0.29, 0.717) is 17.8 Å². The van der Waals surface area contributed by atoms with Gasteiger partial charge in [0.2, 0.25) is 5.91 Å². The molecule has 0 saturated carbocycles. The molecule has 2 heterocycles. The predicted octanol–water partition coefficient (Wildman–Crippen LogP) is 5.26. The molecule has 37 heavy (non-hydrogen) atoms. The number of hydrogen-bond donors (Lipinski definition) is 1. The number of hydrogen-bond acceptors (Lipinski definition) is 4. The van der Waals surface area contributed by atoms with E-state index in [-0.39, 0.29) is 11.8 Å². The minimum absolute atomic E-state index is 0.217. The molecule has 180 valence electrons. The van der Waals surface area contributed by atoms with Crippen molar-refractivity contribution in [3.63, 3.8) is 0 Å². The molecule has 0 bridgehead atoms. The summed E-state index contributed by atoms with van der Waals surface area (Å²) in [4.78, 5) is 26.9. The standard InChI is InChI=1S/C31H24N4O2/c36-30-26(20-27(32-33-30)23-18-16-22(17-19-23)21-10-4-1-5-11-21)28-29(24-12-6-2-7-13-24)34-35(31(28)37)25-14-8-3-9-15-25/h1-19,26,28H,20H2,(H,33,36). The summed E-state index contributed by atoms with van der Waals surface area (Å²) in [6, 6.07) is 37.2. The smallest absolute Gasteiger partial charge is 0.257 e. The Morgan fingerprint density at radius 1 is 0.649 bits per heavy atom. The van der Waals surface area contributed by atoms with E-state index in [4.69, 9.17) is 5.10 Å². The Balaban J connectivity index is 1.32. The summed E-state index contributed by atoms with van der Waals surface area (Å²) in [5.74, 6) is -1.86. The van der Waals surface area contributed by atoms with Crippen LogP contribution in [0.2, 0.25) is 0 Å². The van der Waals surface area contributed by atoms with Gasteiger partial charge in [0.1, 0.15) is 0 Å². The van der Waals surface area contributed by atoms with E-state index < -0.39 is 11.8 Å². The first-order valence-electron chi connectivity index (χ1n) is 12.2. The van der Waals surface area contributed by atoms with Crippen LogP contribution in [0.25, 0.3) is 11.1 Å². The molecule has 0 saturated heterocycles. The van der Waals surface area contributed by atoms with Crippen molar-refractivity contribution in [1.29, 1.82) is 0 Å². The lowest BCUT2D eigenvalue weighted by Gasteiger charge is -2.26. The van der Waals surface area contributed by atoms with Gasteiger partial charge in [-0.25, -0.2) is 5.43 Å². The Kier molecular flexibility index (Phi) is 5.91. The quantitative estimate of drug-likeness (QED) is 0.420. The molecule has 0 aromatic heterocycles. The van der Waals surface area contributed by atoms with Crippen molar-refractivity contribution in [2.24, 2.45) is 22.0 Å². The van der Waals surface area contributed by atoms with Crippen molar-refractivity contribution in [3.8, 4) is 11.1 Å². The highest BCUT2D eigenvalue weighted by atomic mass is 16.2. The summed E-state index contributed by atoms with van der Waals surface area (Å²) in [6.07, 6.45) is 0.335. The lowest BCUT2D eigenvalue weighted by atomic mass is 9.80.